The summed E-state index contributed by atoms with van der Waals surface area (Å²) in [6, 6.07) is 5.37. The first kappa shape index (κ1) is 12.1. The van der Waals surface area contributed by atoms with Gasteiger partial charge in [0.2, 0.25) is 0 Å². The van der Waals surface area contributed by atoms with Crippen LogP contribution in [0, 0.1) is 10.7 Å². The third-order valence-electron chi connectivity index (χ3n) is 1.73. The standard InChI is InChI=1S/C9H8Cl2NPS/c10-6-2-1-3-7(11)9(6)8(4-13)14-5-12/h1-3,8H,4,13H2. The monoisotopic (exact) mass is 263 g/mol. The lowest BCUT2D eigenvalue weighted by atomic mass is 10.1. The van der Waals surface area contributed by atoms with Crippen LogP contribution in [0.5, 0.6) is 0 Å². The van der Waals surface area contributed by atoms with E-state index in [0.717, 1.165) is 11.7 Å². The summed E-state index contributed by atoms with van der Waals surface area (Å²) in [6.45, 7) is 0. The second-order valence-corrected chi connectivity index (χ2v) is 4.84. The third kappa shape index (κ3) is 2.78. The van der Waals surface area contributed by atoms with Gasteiger partial charge in [-0.2, -0.15) is 5.26 Å². The van der Waals surface area contributed by atoms with Crippen LogP contribution in [0.4, 0.5) is 0 Å². The van der Waals surface area contributed by atoms with Crippen LogP contribution in [0.15, 0.2) is 18.2 Å². The highest BCUT2D eigenvalue weighted by molar-refractivity contribution is 8.04. The molecule has 2 atom stereocenters. The van der Waals surface area contributed by atoms with Crippen molar-refractivity contribution in [3.05, 3.63) is 33.8 Å². The van der Waals surface area contributed by atoms with E-state index in [9.17, 15) is 0 Å². The lowest BCUT2D eigenvalue weighted by Gasteiger charge is -2.13. The maximum absolute atomic E-state index is 8.63. The van der Waals surface area contributed by atoms with Crippen molar-refractivity contribution in [2.75, 3.05) is 6.16 Å². The van der Waals surface area contributed by atoms with Crippen molar-refractivity contribution in [3.8, 4) is 5.40 Å². The Morgan fingerprint density at radius 3 is 2.43 bits per heavy atom. The smallest absolute Gasteiger partial charge is 0.133 e. The molecular weight excluding hydrogens is 256 g/mol. The van der Waals surface area contributed by atoms with Crippen molar-refractivity contribution in [2.45, 2.75) is 5.25 Å². The number of rotatable bonds is 3. The fraction of sp³-hybridized carbons (Fsp3) is 0.222. The first-order valence-electron chi connectivity index (χ1n) is 3.89. The van der Waals surface area contributed by atoms with Gasteiger partial charge >= 0.3 is 0 Å². The van der Waals surface area contributed by atoms with Crippen molar-refractivity contribution in [2.24, 2.45) is 0 Å². The predicted octanol–water partition coefficient (Wildman–Crippen LogP) is 4.12. The molecule has 0 heterocycles. The summed E-state index contributed by atoms with van der Waals surface area (Å²) >= 11 is 13.2. The van der Waals surface area contributed by atoms with Gasteiger partial charge in [0.1, 0.15) is 5.40 Å². The third-order valence-corrected chi connectivity index (χ3v) is 4.02. The molecule has 1 nitrogen and oxygen atoms in total. The molecule has 0 aromatic heterocycles. The van der Waals surface area contributed by atoms with Crippen molar-refractivity contribution in [1.82, 2.24) is 0 Å². The molecule has 0 radical (unpaired) electrons. The molecule has 74 valence electrons. The van der Waals surface area contributed by atoms with Crippen LogP contribution in [0.3, 0.4) is 0 Å². The molecule has 0 aliphatic heterocycles. The van der Waals surface area contributed by atoms with Gasteiger partial charge in [0.05, 0.1) is 5.25 Å². The van der Waals surface area contributed by atoms with Crippen LogP contribution in [-0.4, -0.2) is 6.16 Å². The lowest BCUT2D eigenvalue weighted by Crippen LogP contribution is -1.96. The van der Waals surface area contributed by atoms with Gasteiger partial charge in [-0.25, -0.2) is 0 Å². The number of thioether (sulfide) groups is 1. The van der Waals surface area contributed by atoms with E-state index >= 15 is 0 Å². The summed E-state index contributed by atoms with van der Waals surface area (Å²) in [5, 5.41) is 11.9. The fourth-order valence-corrected chi connectivity index (χ4v) is 3.02. The van der Waals surface area contributed by atoms with Crippen LogP contribution in [-0.2, 0) is 0 Å². The summed E-state index contributed by atoms with van der Waals surface area (Å²) in [5.74, 6) is 0. The second kappa shape index (κ2) is 5.83. The minimum absolute atomic E-state index is 0.0196. The van der Waals surface area contributed by atoms with Crippen LogP contribution < -0.4 is 0 Å². The maximum Gasteiger partial charge on any atom is 0.133 e. The van der Waals surface area contributed by atoms with Gasteiger partial charge < -0.3 is 0 Å². The number of hydrogen-bond donors (Lipinski definition) is 0. The average molecular weight is 264 g/mol. The quantitative estimate of drug-likeness (QED) is 0.605. The first-order valence-corrected chi connectivity index (χ1v) is 6.34. The van der Waals surface area contributed by atoms with E-state index in [2.05, 4.69) is 14.6 Å². The molecular formula is C9H8Cl2NPS. The van der Waals surface area contributed by atoms with Crippen molar-refractivity contribution < 1.29 is 0 Å². The molecule has 0 fully saturated rings. The molecule has 1 aromatic rings. The SMILES string of the molecule is N#CSC(CP)c1c(Cl)cccc1Cl. The average Bonchev–Trinajstić information content (AvgIpc) is 2.16. The molecule has 14 heavy (non-hydrogen) atoms. The van der Waals surface area contributed by atoms with E-state index in [1.165, 1.54) is 11.8 Å². The zero-order chi connectivity index (χ0) is 10.6. The van der Waals surface area contributed by atoms with Crippen LogP contribution >= 0.6 is 44.2 Å². The number of hydrogen-bond acceptors (Lipinski definition) is 2. The number of thiocyanates is 1. The molecule has 0 N–H and O–H groups in total. The van der Waals surface area contributed by atoms with Gasteiger partial charge in [-0.3, -0.25) is 0 Å². The van der Waals surface area contributed by atoms with Gasteiger partial charge in [-0.05, 0) is 30.1 Å². The molecule has 0 bridgehead atoms. The molecule has 2 unspecified atom stereocenters. The Hall–Kier alpha value is 0.0700. The van der Waals surface area contributed by atoms with Crippen LogP contribution in [0.1, 0.15) is 10.8 Å². The zero-order valence-corrected chi connectivity index (χ0v) is 10.7. The summed E-state index contributed by atoms with van der Waals surface area (Å²) in [6.07, 6.45) is 0.752. The van der Waals surface area contributed by atoms with Gasteiger partial charge in [0, 0.05) is 15.6 Å². The summed E-state index contributed by atoms with van der Waals surface area (Å²) in [4.78, 5) is 0. The Balaban J connectivity index is 3.09. The van der Waals surface area contributed by atoms with E-state index in [1.807, 2.05) is 0 Å². The topological polar surface area (TPSA) is 23.8 Å². The van der Waals surface area contributed by atoms with E-state index < -0.39 is 0 Å². The van der Waals surface area contributed by atoms with Crippen LogP contribution in [0.2, 0.25) is 10.0 Å². The van der Waals surface area contributed by atoms with E-state index in [0.29, 0.717) is 10.0 Å². The highest BCUT2D eigenvalue weighted by Crippen LogP contribution is 2.38. The summed E-state index contributed by atoms with van der Waals surface area (Å²) < 4.78 is 0. The molecule has 0 spiro atoms. The molecule has 1 aromatic carbocycles. The lowest BCUT2D eigenvalue weighted by molar-refractivity contribution is 1.12. The molecule has 5 heteroatoms. The number of halogens is 2. The number of nitriles is 1. The molecule has 0 aliphatic rings. The molecule has 0 saturated heterocycles. The van der Waals surface area contributed by atoms with Gasteiger partial charge in [-0.15, -0.1) is 9.24 Å². The van der Waals surface area contributed by atoms with Gasteiger partial charge in [0.25, 0.3) is 0 Å². The van der Waals surface area contributed by atoms with E-state index in [1.54, 1.807) is 18.2 Å². The van der Waals surface area contributed by atoms with E-state index in [-0.39, 0.29) is 5.25 Å². The normalized spacial score (nSPS) is 12.1. The largest absolute Gasteiger partial charge is 0.185 e. The van der Waals surface area contributed by atoms with Crippen molar-refractivity contribution in [3.63, 3.8) is 0 Å². The van der Waals surface area contributed by atoms with Crippen molar-refractivity contribution in [1.29, 1.82) is 5.26 Å². The minimum atomic E-state index is 0.0196. The number of nitrogens with zero attached hydrogens (tertiary/aromatic N) is 1. The predicted molar refractivity (Wildman–Crippen MR) is 67.0 cm³/mol. The first-order chi connectivity index (χ1) is 6.70. The Bertz CT molecular complexity index is 344. The Morgan fingerprint density at radius 1 is 1.43 bits per heavy atom. The number of benzene rings is 1. The van der Waals surface area contributed by atoms with E-state index in [4.69, 9.17) is 28.5 Å². The Labute approximate surface area is 100.0 Å². The summed E-state index contributed by atoms with van der Waals surface area (Å²) in [5.41, 5.74) is 0.845. The van der Waals surface area contributed by atoms with Gasteiger partial charge in [0.15, 0.2) is 0 Å². The fourth-order valence-electron chi connectivity index (χ4n) is 1.11. The Morgan fingerprint density at radius 2 is 2.00 bits per heavy atom. The zero-order valence-electron chi connectivity index (χ0n) is 7.21. The summed E-state index contributed by atoms with van der Waals surface area (Å²) in [7, 11) is 2.60. The van der Waals surface area contributed by atoms with Crippen LogP contribution in [0.25, 0.3) is 0 Å². The highest BCUT2D eigenvalue weighted by atomic mass is 35.5. The molecule has 1 rings (SSSR count). The maximum atomic E-state index is 8.63. The Kier molecular flexibility index (Phi) is 5.06. The minimum Gasteiger partial charge on any atom is -0.185 e. The highest BCUT2D eigenvalue weighted by Gasteiger charge is 2.16. The van der Waals surface area contributed by atoms with Gasteiger partial charge in [-0.1, -0.05) is 29.3 Å². The van der Waals surface area contributed by atoms with Crippen molar-refractivity contribution >= 4 is 44.2 Å². The molecule has 0 amide bonds. The molecule has 0 aliphatic carbocycles. The molecule has 0 saturated carbocycles. The second-order valence-electron chi connectivity index (χ2n) is 2.57.